The Morgan fingerprint density at radius 1 is 0.647 bits per heavy atom. The minimum atomic E-state index is -0.537. The lowest BCUT2D eigenvalue weighted by Crippen LogP contribution is -2.05. The summed E-state index contributed by atoms with van der Waals surface area (Å²) in [7, 11) is 1.54. The van der Waals surface area contributed by atoms with Gasteiger partial charge in [0.15, 0.2) is 11.5 Å². The quantitative estimate of drug-likeness (QED) is 0.0354. The molecule has 0 saturated carbocycles. The van der Waals surface area contributed by atoms with Crippen LogP contribution in [0.15, 0.2) is 103 Å². The van der Waals surface area contributed by atoms with Crippen molar-refractivity contribution in [2.24, 2.45) is 0 Å². The highest BCUT2D eigenvalue weighted by Crippen LogP contribution is 2.30. The predicted molar refractivity (Wildman–Crippen MR) is 197 cm³/mol. The SMILES string of the molecule is C=CC(=O)OCCCCOc1ccc(/C=C/C(=O)Oc2ccc(SC(=O)/C=C/c3ccc(OCCCCOC(=O)C=C)c(OC)c3)c(C)c2)cc1. The summed E-state index contributed by atoms with van der Waals surface area (Å²) >= 11 is 1.07. The number of hydrogen-bond acceptors (Lipinski definition) is 11. The maximum atomic E-state index is 12.7. The van der Waals surface area contributed by atoms with Gasteiger partial charge in [-0.15, -0.1) is 0 Å². The molecule has 0 fully saturated rings. The molecule has 0 bridgehead atoms. The average Bonchev–Trinajstić information content (AvgIpc) is 3.14. The van der Waals surface area contributed by atoms with Crippen molar-refractivity contribution in [1.29, 1.82) is 0 Å². The van der Waals surface area contributed by atoms with Gasteiger partial charge in [-0.3, -0.25) is 4.79 Å². The fourth-order valence-corrected chi connectivity index (χ4v) is 4.96. The third-order valence-corrected chi connectivity index (χ3v) is 7.91. The Hall–Kier alpha value is -5.55. The summed E-state index contributed by atoms with van der Waals surface area (Å²) in [5, 5.41) is -0.176. The standard InChI is InChI=1S/C40H42O10S/c1-5-37(41)48-25-9-7-23-46-32-16-11-30(12-17-32)14-21-39(43)50-33-18-20-36(29(3)27-33)51-40(44)22-15-31-13-19-34(35(28-31)45-4)47-24-8-10-26-49-38(42)6-2/h5-6,11-22,27-28H,1-2,7-10,23-26H2,3-4H3/b21-14+,22-15+. The van der Waals surface area contributed by atoms with E-state index in [4.69, 9.17) is 28.4 Å². The van der Waals surface area contributed by atoms with E-state index in [1.54, 1.807) is 61.7 Å². The molecule has 0 amide bonds. The van der Waals surface area contributed by atoms with Gasteiger partial charge in [0, 0.05) is 23.1 Å². The summed E-state index contributed by atoms with van der Waals surface area (Å²) in [6.45, 7) is 10.1. The fraction of sp³-hybridized carbons (Fsp3) is 0.250. The van der Waals surface area contributed by atoms with E-state index in [1.165, 1.54) is 12.2 Å². The summed E-state index contributed by atoms with van der Waals surface area (Å²) in [6, 6.07) is 17.7. The first-order valence-electron chi connectivity index (χ1n) is 16.2. The molecule has 268 valence electrons. The molecule has 0 unspecified atom stereocenters. The predicted octanol–water partition coefficient (Wildman–Crippen LogP) is 7.73. The Balaban J connectivity index is 1.42. The summed E-state index contributed by atoms with van der Waals surface area (Å²) < 4.78 is 32.3. The van der Waals surface area contributed by atoms with Gasteiger partial charge in [0.2, 0.25) is 5.12 Å². The van der Waals surface area contributed by atoms with Gasteiger partial charge in [-0.2, -0.15) is 0 Å². The molecule has 51 heavy (non-hydrogen) atoms. The van der Waals surface area contributed by atoms with E-state index in [2.05, 4.69) is 13.2 Å². The lowest BCUT2D eigenvalue weighted by Gasteiger charge is -2.11. The van der Waals surface area contributed by atoms with Crippen LogP contribution in [-0.4, -0.2) is 56.6 Å². The lowest BCUT2D eigenvalue weighted by molar-refractivity contribution is -0.138. The second kappa shape index (κ2) is 22.2. The van der Waals surface area contributed by atoms with Gasteiger partial charge in [0.25, 0.3) is 0 Å². The first-order valence-corrected chi connectivity index (χ1v) is 17.0. The molecule has 0 aliphatic heterocycles. The number of thioether (sulfide) groups is 1. The van der Waals surface area contributed by atoms with E-state index < -0.39 is 17.9 Å². The maximum Gasteiger partial charge on any atom is 0.336 e. The number of carbonyl (C=O) groups is 4. The third-order valence-electron chi connectivity index (χ3n) is 6.89. The second-order valence-electron chi connectivity index (χ2n) is 10.8. The molecular weight excluding hydrogens is 672 g/mol. The topological polar surface area (TPSA) is 124 Å². The van der Waals surface area contributed by atoms with Crippen LogP contribution in [-0.2, 0) is 28.7 Å². The van der Waals surface area contributed by atoms with Crippen LogP contribution in [0.2, 0.25) is 0 Å². The highest BCUT2D eigenvalue weighted by atomic mass is 32.2. The molecule has 3 aromatic rings. The number of ether oxygens (including phenoxy) is 6. The number of benzene rings is 3. The first kappa shape index (κ1) is 39.9. The van der Waals surface area contributed by atoms with Crippen molar-refractivity contribution in [2.45, 2.75) is 37.5 Å². The fourth-order valence-electron chi connectivity index (χ4n) is 4.25. The molecule has 0 aromatic heterocycles. The number of esters is 3. The minimum Gasteiger partial charge on any atom is -0.494 e. The maximum absolute atomic E-state index is 12.7. The molecule has 0 saturated heterocycles. The van der Waals surface area contributed by atoms with E-state index in [0.29, 0.717) is 68.7 Å². The van der Waals surface area contributed by atoms with Gasteiger partial charge in [-0.05, 0) is 116 Å². The van der Waals surface area contributed by atoms with Crippen molar-refractivity contribution >= 4 is 46.9 Å². The largest absolute Gasteiger partial charge is 0.494 e. The monoisotopic (exact) mass is 714 g/mol. The summed E-state index contributed by atoms with van der Waals surface area (Å²) in [5.41, 5.74) is 2.34. The Bertz CT molecular complexity index is 1710. The van der Waals surface area contributed by atoms with Crippen molar-refractivity contribution in [1.82, 2.24) is 0 Å². The molecule has 0 atom stereocenters. The van der Waals surface area contributed by atoms with E-state index in [9.17, 15) is 19.2 Å². The van der Waals surface area contributed by atoms with Gasteiger partial charge < -0.3 is 28.4 Å². The zero-order valence-electron chi connectivity index (χ0n) is 28.8. The van der Waals surface area contributed by atoms with E-state index in [1.807, 2.05) is 25.1 Å². The van der Waals surface area contributed by atoms with Crippen LogP contribution in [0.5, 0.6) is 23.0 Å². The van der Waals surface area contributed by atoms with E-state index in [0.717, 1.165) is 51.9 Å². The minimum absolute atomic E-state index is 0.176. The molecule has 11 heteroatoms. The molecule has 0 aliphatic carbocycles. The number of unbranched alkanes of at least 4 members (excludes halogenated alkanes) is 2. The molecule has 0 heterocycles. The summed E-state index contributed by atoms with van der Waals surface area (Å²) in [4.78, 5) is 48.0. The normalized spacial score (nSPS) is 10.8. The zero-order valence-corrected chi connectivity index (χ0v) is 29.6. The third kappa shape index (κ3) is 15.3. The summed E-state index contributed by atoms with van der Waals surface area (Å²) in [6.07, 6.45) is 11.2. The molecule has 3 rings (SSSR count). The summed E-state index contributed by atoms with van der Waals surface area (Å²) in [5.74, 6) is 0.737. The van der Waals surface area contributed by atoms with Crippen molar-refractivity contribution in [3.63, 3.8) is 0 Å². The molecule has 0 N–H and O–H groups in total. The van der Waals surface area contributed by atoms with E-state index >= 15 is 0 Å². The first-order chi connectivity index (χ1) is 24.7. The number of hydrogen-bond donors (Lipinski definition) is 0. The smallest absolute Gasteiger partial charge is 0.336 e. The Morgan fingerprint density at radius 3 is 1.86 bits per heavy atom. The van der Waals surface area contributed by atoms with Crippen LogP contribution in [0.4, 0.5) is 0 Å². The van der Waals surface area contributed by atoms with Crippen LogP contribution >= 0.6 is 11.8 Å². The van der Waals surface area contributed by atoms with Gasteiger partial charge in [0.05, 0.1) is 33.5 Å². The lowest BCUT2D eigenvalue weighted by atomic mass is 10.2. The van der Waals surface area contributed by atoms with Crippen molar-refractivity contribution in [2.75, 3.05) is 33.5 Å². The van der Waals surface area contributed by atoms with Crippen molar-refractivity contribution in [3.05, 3.63) is 115 Å². The Kier molecular flexibility index (Phi) is 17.4. The van der Waals surface area contributed by atoms with Gasteiger partial charge >= 0.3 is 17.9 Å². The van der Waals surface area contributed by atoms with Crippen LogP contribution in [0.25, 0.3) is 12.2 Å². The average molecular weight is 715 g/mol. The van der Waals surface area contributed by atoms with Crippen molar-refractivity contribution in [3.8, 4) is 23.0 Å². The number of rotatable bonds is 21. The molecule has 0 aliphatic rings. The van der Waals surface area contributed by atoms with Crippen LogP contribution in [0.1, 0.15) is 42.4 Å². The van der Waals surface area contributed by atoms with E-state index in [-0.39, 0.29) is 5.12 Å². The zero-order chi connectivity index (χ0) is 36.8. The highest BCUT2D eigenvalue weighted by Gasteiger charge is 2.10. The highest BCUT2D eigenvalue weighted by molar-refractivity contribution is 8.14. The number of aryl methyl sites for hydroxylation is 1. The van der Waals surface area contributed by atoms with Gasteiger partial charge in [0.1, 0.15) is 11.5 Å². The Morgan fingerprint density at radius 2 is 1.24 bits per heavy atom. The van der Waals surface area contributed by atoms with Gasteiger partial charge in [-0.25, -0.2) is 14.4 Å². The molecule has 0 spiro atoms. The number of methoxy groups -OCH3 is 1. The van der Waals surface area contributed by atoms with Crippen molar-refractivity contribution < 1.29 is 47.6 Å². The van der Waals surface area contributed by atoms with Crippen LogP contribution in [0, 0.1) is 6.92 Å². The van der Waals surface area contributed by atoms with Gasteiger partial charge in [-0.1, -0.05) is 37.4 Å². The Labute approximate surface area is 302 Å². The second-order valence-corrected chi connectivity index (χ2v) is 11.8. The molecule has 0 radical (unpaired) electrons. The van der Waals surface area contributed by atoms with Crippen LogP contribution < -0.4 is 18.9 Å². The molecule has 10 nitrogen and oxygen atoms in total. The molecule has 3 aromatic carbocycles. The molecular formula is C40H42O10S. The number of carbonyl (C=O) groups excluding carboxylic acids is 4. The van der Waals surface area contributed by atoms with Crippen LogP contribution in [0.3, 0.4) is 0 Å².